The maximum atomic E-state index is 9.34. The Hall–Kier alpha value is -1.41. The molecule has 0 aliphatic heterocycles. The molecule has 104 valence electrons. The summed E-state index contributed by atoms with van der Waals surface area (Å²) in [6, 6.07) is 12.4. The van der Waals surface area contributed by atoms with Crippen molar-refractivity contribution in [2.75, 3.05) is 13.9 Å². The van der Waals surface area contributed by atoms with Crippen LogP contribution >= 0.6 is 0 Å². The summed E-state index contributed by atoms with van der Waals surface area (Å²) < 4.78 is 10.3. The van der Waals surface area contributed by atoms with E-state index >= 15 is 0 Å². The molecule has 0 fully saturated rings. The van der Waals surface area contributed by atoms with E-state index < -0.39 is 5.54 Å². The van der Waals surface area contributed by atoms with E-state index in [1.807, 2.05) is 44.2 Å². The Balaban J connectivity index is 2.49. The second-order valence-electron chi connectivity index (χ2n) is 4.87. The lowest BCUT2D eigenvalue weighted by atomic mass is 9.96. The maximum absolute atomic E-state index is 9.34. The first-order chi connectivity index (χ1) is 9.09. The van der Waals surface area contributed by atoms with Crippen LogP contribution in [0.4, 0.5) is 0 Å². The number of benzene rings is 1. The van der Waals surface area contributed by atoms with Gasteiger partial charge in [-0.05, 0) is 19.4 Å². The summed E-state index contributed by atoms with van der Waals surface area (Å²) in [5, 5.41) is 12.6. The van der Waals surface area contributed by atoms with E-state index in [0.29, 0.717) is 13.0 Å². The molecular weight excluding hydrogens is 240 g/mol. The molecule has 0 saturated carbocycles. The van der Waals surface area contributed by atoms with Crippen LogP contribution in [0, 0.1) is 11.3 Å². The lowest BCUT2D eigenvalue weighted by Gasteiger charge is -2.26. The van der Waals surface area contributed by atoms with Gasteiger partial charge < -0.3 is 9.47 Å². The molecule has 4 heteroatoms. The van der Waals surface area contributed by atoms with Crippen molar-refractivity contribution in [3.63, 3.8) is 0 Å². The van der Waals surface area contributed by atoms with Crippen LogP contribution in [0.1, 0.15) is 25.8 Å². The fourth-order valence-electron chi connectivity index (χ4n) is 1.87. The molecule has 0 saturated heterocycles. The van der Waals surface area contributed by atoms with Crippen molar-refractivity contribution in [1.29, 1.82) is 5.26 Å². The summed E-state index contributed by atoms with van der Waals surface area (Å²) in [5.41, 5.74) is 0.553. The van der Waals surface area contributed by atoms with E-state index in [-0.39, 0.29) is 12.9 Å². The predicted octanol–water partition coefficient (Wildman–Crippen LogP) is 2.46. The second-order valence-corrected chi connectivity index (χ2v) is 4.87. The van der Waals surface area contributed by atoms with E-state index in [1.165, 1.54) is 0 Å². The number of methoxy groups -OCH3 is 1. The number of rotatable bonds is 8. The lowest BCUT2D eigenvalue weighted by molar-refractivity contribution is -0.0718. The summed E-state index contributed by atoms with van der Waals surface area (Å²) in [7, 11) is 1.59. The second kappa shape index (κ2) is 7.90. The summed E-state index contributed by atoms with van der Waals surface area (Å²) in [5.74, 6) is 0. The average Bonchev–Trinajstić information content (AvgIpc) is 2.44. The minimum absolute atomic E-state index is 0.0344. The average molecular weight is 262 g/mol. The molecule has 0 amide bonds. The predicted molar refractivity (Wildman–Crippen MR) is 74.3 cm³/mol. The highest BCUT2D eigenvalue weighted by atomic mass is 16.7. The molecule has 0 aromatic heterocycles. The normalized spacial score (nSPS) is 15.5. The summed E-state index contributed by atoms with van der Waals surface area (Å²) in [6.07, 6.45) is 0.576. The lowest BCUT2D eigenvalue weighted by Crippen LogP contribution is -2.43. The van der Waals surface area contributed by atoms with Gasteiger partial charge in [0.1, 0.15) is 12.3 Å². The SMILES string of the molecule is COCO[C@@H](C)C[C@](C)(C#N)NCc1ccccc1. The van der Waals surface area contributed by atoms with Crippen molar-refractivity contribution in [1.82, 2.24) is 5.32 Å². The number of nitriles is 1. The molecule has 1 rings (SSSR count). The van der Waals surface area contributed by atoms with Crippen molar-refractivity contribution < 1.29 is 9.47 Å². The Labute approximate surface area is 115 Å². The third-order valence-electron chi connectivity index (χ3n) is 2.94. The highest BCUT2D eigenvalue weighted by Crippen LogP contribution is 2.15. The van der Waals surface area contributed by atoms with Gasteiger partial charge in [0.05, 0.1) is 12.2 Å². The van der Waals surface area contributed by atoms with Gasteiger partial charge in [-0.15, -0.1) is 0 Å². The molecule has 0 radical (unpaired) electrons. The van der Waals surface area contributed by atoms with Gasteiger partial charge in [0, 0.05) is 20.1 Å². The first kappa shape index (κ1) is 15.6. The summed E-state index contributed by atoms with van der Waals surface area (Å²) in [4.78, 5) is 0. The molecule has 2 atom stereocenters. The van der Waals surface area contributed by atoms with Gasteiger partial charge in [0.2, 0.25) is 0 Å². The summed E-state index contributed by atoms with van der Waals surface area (Å²) >= 11 is 0. The largest absolute Gasteiger partial charge is 0.359 e. The topological polar surface area (TPSA) is 54.3 Å². The van der Waals surface area contributed by atoms with Crippen molar-refractivity contribution >= 4 is 0 Å². The molecule has 0 bridgehead atoms. The minimum Gasteiger partial charge on any atom is -0.359 e. The summed E-state index contributed by atoms with van der Waals surface area (Å²) in [6.45, 7) is 4.75. The third kappa shape index (κ3) is 5.84. The Bertz CT molecular complexity index is 402. The highest BCUT2D eigenvalue weighted by molar-refractivity contribution is 5.16. The van der Waals surface area contributed by atoms with E-state index in [1.54, 1.807) is 7.11 Å². The molecule has 1 aromatic rings. The van der Waals surface area contributed by atoms with Crippen molar-refractivity contribution in [3.8, 4) is 6.07 Å². The Morgan fingerprint density at radius 3 is 2.63 bits per heavy atom. The number of nitrogens with zero attached hydrogens (tertiary/aromatic N) is 1. The van der Waals surface area contributed by atoms with Crippen LogP contribution in [0.2, 0.25) is 0 Å². The molecule has 0 aliphatic rings. The zero-order valence-corrected chi connectivity index (χ0v) is 11.8. The van der Waals surface area contributed by atoms with Gasteiger partial charge >= 0.3 is 0 Å². The van der Waals surface area contributed by atoms with Crippen LogP contribution in [-0.4, -0.2) is 25.5 Å². The van der Waals surface area contributed by atoms with E-state index in [0.717, 1.165) is 5.56 Å². The van der Waals surface area contributed by atoms with Crippen LogP contribution in [0.3, 0.4) is 0 Å². The molecule has 0 aliphatic carbocycles. The minimum atomic E-state index is -0.608. The molecular formula is C15H22N2O2. The first-order valence-corrected chi connectivity index (χ1v) is 6.40. The smallest absolute Gasteiger partial charge is 0.146 e. The van der Waals surface area contributed by atoms with Crippen LogP contribution < -0.4 is 5.32 Å². The van der Waals surface area contributed by atoms with Crippen molar-refractivity contribution in [3.05, 3.63) is 35.9 Å². The van der Waals surface area contributed by atoms with Crippen LogP contribution in [0.15, 0.2) is 30.3 Å². The number of ether oxygens (including phenoxy) is 2. The maximum Gasteiger partial charge on any atom is 0.146 e. The van der Waals surface area contributed by atoms with Crippen LogP contribution in [0.5, 0.6) is 0 Å². The van der Waals surface area contributed by atoms with Crippen molar-refractivity contribution in [2.24, 2.45) is 0 Å². The Kier molecular flexibility index (Phi) is 6.51. The quantitative estimate of drug-likeness (QED) is 0.731. The number of nitrogens with one attached hydrogen (secondary N) is 1. The zero-order chi connectivity index (χ0) is 14.1. The number of hydrogen-bond donors (Lipinski definition) is 1. The van der Waals surface area contributed by atoms with Gasteiger partial charge in [0.25, 0.3) is 0 Å². The molecule has 4 nitrogen and oxygen atoms in total. The van der Waals surface area contributed by atoms with E-state index in [4.69, 9.17) is 9.47 Å². The zero-order valence-electron chi connectivity index (χ0n) is 11.8. The van der Waals surface area contributed by atoms with Gasteiger partial charge in [-0.3, -0.25) is 5.32 Å². The monoisotopic (exact) mass is 262 g/mol. The Morgan fingerprint density at radius 1 is 1.37 bits per heavy atom. The molecule has 1 N–H and O–H groups in total. The third-order valence-corrected chi connectivity index (χ3v) is 2.94. The molecule has 0 unspecified atom stereocenters. The number of hydrogen-bond acceptors (Lipinski definition) is 4. The molecule has 1 aromatic carbocycles. The molecule has 0 heterocycles. The fraction of sp³-hybridized carbons (Fsp3) is 0.533. The van der Waals surface area contributed by atoms with Crippen LogP contribution in [0.25, 0.3) is 0 Å². The standard InChI is InChI=1S/C15H22N2O2/c1-13(19-12-18-3)9-15(2,11-16)17-10-14-7-5-4-6-8-14/h4-8,13,17H,9-10,12H2,1-3H3/t13-,15+/m0/s1. The van der Waals surface area contributed by atoms with E-state index in [2.05, 4.69) is 11.4 Å². The Morgan fingerprint density at radius 2 is 2.05 bits per heavy atom. The molecule has 19 heavy (non-hydrogen) atoms. The molecule has 0 spiro atoms. The van der Waals surface area contributed by atoms with Gasteiger partial charge in [0.15, 0.2) is 0 Å². The van der Waals surface area contributed by atoms with Crippen molar-refractivity contribution in [2.45, 2.75) is 38.5 Å². The van der Waals surface area contributed by atoms with Gasteiger partial charge in [-0.1, -0.05) is 30.3 Å². The highest BCUT2D eigenvalue weighted by Gasteiger charge is 2.26. The fourth-order valence-corrected chi connectivity index (χ4v) is 1.87. The van der Waals surface area contributed by atoms with E-state index in [9.17, 15) is 5.26 Å². The van der Waals surface area contributed by atoms with Crippen LogP contribution in [-0.2, 0) is 16.0 Å². The first-order valence-electron chi connectivity index (χ1n) is 6.40. The van der Waals surface area contributed by atoms with Gasteiger partial charge in [-0.2, -0.15) is 5.26 Å². The van der Waals surface area contributed by atoms with Gasteiger partial charge in [-0.25, -0.2) is 0 Å².